The van der Waals surface area contributed by atoms with E-state index < -0.39 is 5.82 Å². The van der Waals surface area contributed by atoms with E-state index in [2.05, 4.69) is 64.6 Å². The smallest absolute Gasteiger partial charge is 0.282 e. The summed E-state index contributed by atoms with van der Waals surface area (Å²) in [5, 5.41) is 8.25. The fraction of sp³-hybridized carbons (Fsp3) is 0.706. The number of hydrogen-bond donors (Lipinski definition) is 0. The molecule has 0 N–H and O–H groups in total. The maximum absolute atomic E-state index is 14.3. The summed E-state index contributed by atoms with van der Waals surface area (Å²) in [7, 11) is 3.93. The first-order chi connectivity index (χ1) is 21.3. The van der Waals surface area contributed by atoms with Crippen LogP contribution in [0.15, 0.2) is 24.5 Å². The third kappa shape index (κ3) is 7.92. The number of rotatable bonds is 15. The lowest BCUT2D eigenvalue weighted by Crippen LogP contribution is -2.67. The number of carbonyl (C=O) groups excluding carboxylic acids is 1. The molecule has 11 heteroatoms. The van der Waals surface area contributed by atoms with Gasteiger partial charge in [0.05, 0.1) is 12.2 Å². The van der Waals surface area contributed by atoms with Gasteiger partial charge in [0.15, 0.2) is 5.82 Å². The van der Waals surface area contributed by atoms with Crippen LogP contribution in [0.4, 0.5) is 10.2 Å². The summed E-state index contributed by atoms with van der Waals surface area (Å²) in [6.07, 6.45) is 3.62. The van der Waals surface area contributed by atoms with E-state index in [1.165, 1.54) is 24.5 Å². The molecule has 2 aliphatic heterocycles. The van der Waals surface area contributed by atoms with E-state index in [-0.39, 0.29) is 40.1 Å². The second-order valence-corrected chi connectivity index (χ2v) is 14.1. The molecule has 2 aliphatic rings. The Bertz CT molecular complexity index is 1290. The molecule has 2 aromatic rings. The highest BCUT2D eigenvalue weighted by Gasteiger charge is 2.54. The molecule has 1 aromatic heterocycles. The van der Waals surface area contributed by atoms with Crippen LogP contribution in [-0.2, 0) is 4.74 Å². The van der Waals surface area contributed by atoms with Crippen LogP contribution in [0.25, 0.3) is 0 Å². The SMILES string of the molecule is CCN(C(=O)c1cc(F)ccc1Oc1nncnc1N1CCC2(C1)CN(C(C)(C[C@H](C)CN(C)CCOC)C(C)C)C2)C(C)C. The minimum absolute atomic E-state index is 0.0433. The third-order valence-electron chi connectivity index (χ3n) is 9.99. The fourth-order valence-electron chi connectivity index (χ4n) is 7.17. The van der Waals surface area contributed by atoms with Crippen LogP contribution in [0, 0.1) is 23.1 Å². The van der Waals surface area contributed by atoms with Crippen molar-refractivity contribution in [2.75, 3.05) is 71.5 Å². The Balaban J connectivity index is 1.46. The average molecular weight is 628 g/mol. The standard InChI is InChI=1S/C34H54FN7O3/c1-10-42(25(4)5)32(43)28-17-27(35)11-12-29(28)45-31-30(36-23-37-38-31)40-14-13-34(20-40)21-41(22-34)33(7,24(2)3)18-26(6)19-39(8)15-16-44-9/h11-12,17,23-26H,10,13-16,18-22H2,1-9H3/t26-,33?/m0/s1. The average Bonchev–Trinajstić information content (AvgIpc) is 3.42. The van der Waals surface area contributed by atoms with Gasteiger partial charge in [0.25, 0.3) is 11.8 Å². The van der Waals surface area contributed by atoms with Crippen molar-refractivity contribution < 1.29 is 18.7 Å². The van der Waals surface area contributed by atoms with Crippen LogP contribution in [0.2, 0.25) is 0 Å². The Morgan fingerprint density at radius 1 is 1.18 bits per heavy atom. The lowest BCUT2D eigenvalue weighted by Gasteiger charge is -2.58. The molecule has 45 heavy (non-hydrogen) atoms. The molecule has 1 aromatic carbocycles. The van der Waals surface area contributed by atoms with Gasteiger partial charge in [-0.3, -0.25) is 9.69 Å². The molecule has 3 heterocycles. The van der Waals surface area contributed by atoms with Crippen molar-refractivity contribution in [2.45, 2.75) is 72.9 Å². The summed E-state index contributed by atoms with van der Waals surface area (Å²) in [4.78, 5) is 26.9. The normalized spacial score (nSPS) is 18.5. The predicted octanol–water partition coefficient (Wildman–Crippen LogP) is 5.20. The van der Waals surface area contributed by atoms with Gasteiger partial charge >= 0.3 is 0 Å². The van der Waals surface area contributed by atoms with Crippen molar-refractivity contribution in [3.8, 4) is 11.6 Å². The maximum Gasteiger partial charge on any atom is 0.282 e. The number of likely N-dealkylation sites (tertiary alicyclic amines) is 1. The van der Waals surface area contributed by atoms with Gasteiger partial charge in [-0.1, -0.05) is 20.8 Å². The molecular weight excluding hydrogens is 573 g/mol. The first-order valence-corrected chi connectivity index (χ1v) is 16.5. The highest BCUT2D eigenvalue weighted by molar-refractivity contribution is 5.97. The molecule has 0 radical (unpaired) electrons. The lowest BCUT2D eigenvalue weighted by atomic mass is 9.70. The Labute approximate surface area is 269 Å². The van der Waals surface area contributed by atoms with Gasteiger partial charge in [0.2, 0.25) is 0 Å². The second kappa shape index (κ2) is 14.7. The minimum Gasteiger partial charge on any atom is -0.434 e. The van der Waals surface area contributed by atoms with E-state index in [1.54, 1.807) is 12.0 Å². The number of amides is 1. The molecule has 0 saturated carbocycles. The van der Waals surface area contributed by atoms with Gasteiger partial charge in [0, 0.05) is 69.9 Å². The minimum atomic E-state index is -0.500. The molecule has 250 valence electrons. The van der Waals surface area contributed by atoms with Crippen LogP contribution in [0.5, 0.6) is 11.6 Å². The highest BCUT2D eigenvalue weighted by atomic mass is 19.1. The molecule has 0 aliphatic carbocycles. The number of hydrogen-bond acceptors (Lipinski definition) is 9. The number of likely N-dealkylation sites (N-methyl/N-ethyl adjacent to an activating group) is 1. The summed E-state index contributed by atoms with van der Waals surface area (Å²) >= 11 is 0. The molecule has 2 atom stereocenters. The maximum atomic E-state index is 14.3. The third-order valence-corrected chi connectivity index (χ3v) is 9.99. The van der Waals surface area contributed by atoms with Crippen LogP contribution < -0.4 is 9.64 Å². The molecule has 4 rings (SSSR count). The predicted molar refractivity (Wildman–Crippen MR) is 175 cm³/mol. The molecule has 2 fully saturated rings. The Kier molecular flexibility index (Phi) is 11.4. The van der Waals surface area contributed by atoms with E-state index in [0.717, 1.165) is 58.7 Å². The summed E-state index contributed by atoms with van der Waals surface area (Å²) in [6.45, 7) is 22.3. The Morgan fingerprint density at radius 2 is 1.91 bits per heavy atom. The zero-order valence-corrected chi connectivity index (χ0v) is 28.8. The number of anilines is 1. The highest BCUT2D eigenvalue weighted by Crippen LogP contribution is 2.48. The number of ether oxygens (including phenoxy) is 2. The Morgan fingerprint density at radius 3 is 2.56 bits per heavy atom. The van der Waals surface area contributed by atoms with Gasteiger partial charge in [0.1, 0.15) is 17.9 Å². The molecular formula is C34H54FN7O3. The molecule has 0 bridgehead atoms. The molecule has 2 saturated heterocycles. The number of methoxy groups -OCH3 is 1. The molecule has 1 spiro atoms. The van der Waals surface area contributed by atoms with Crippen molar-refractivity contribution in [1.82, 2.24) is 29.9 Å². The zero-order valence-electron chi connectivity index (χ0n) is 28.8. The first kappa shape index (κ1) is 35.0. The van der Waals surface area contributed by atoms with E-state index in [1.807, 2.05) is 20.8 Å². The summed E-state index contributed by atoms with van der Waals surface area (Å²) in [5.41, 5.74) is 0.438. The van der Waals surface area contributed by atoms with Gasteiger partial charge < -0.3 is 24.2 Å². The largest absolute Gasteiger partial charge is 0.434 e. The number of benzene rings is 1. The number of carbonyl (C=O) groups is 1. The summed E-state index contributed by atoms with van der Waals surface area (Å²) in [6, 6.07) is 3.95. The quantitative estimate of drug-likeness (QED) is 0.264. The second-order valence-electron chi connectivity index (χ2n) is 14.1. The first-order valence-electron chi connectivity index (χ1n) is 16.5. The van der Waals surface area contributed by atoms with Gasteiger partial charge in [-0.15, -0.1) is 10.2 Å². The van der Waals surface area contributed by atoms with E-state index in [0.29, 0.717) is 24.2 Å². The summed E-state index contributed by atoms with van der Waals surface area (Å²) < 4.78 is 25.8. The van der Waals surface area contributed by atoms with Crippen LogP contribution in [-0.4, -0.2) is 114 Å². The Hall–Kier alpha value is -2.89. The zero-order chi connectivity index (χ0) is 32.9. The molecule has 10 nitrogen and oxygen atoms in total. The molecule has 1 amide bonds. The lowest BCUT2D eigenvalue weighted by molar-refractivity contribution is -0.0898. The van der Waals surface area contributed by atoms with Gasteiger partial charge in [-0.2, -0.15) is 0 Å². The van der Waals surface area contributed by atoms with Crippen molar-refractivity contribution in [1.29, 1.82) is 0 Å². The van der Waals surface area contributed by atoms with Crippen molar-refractivity contribution >= 4 is 11.7 Å². The number of nitrogens with zero attached hydrogens (tertiary/aromatic N) is 7. The van der Waals surface area contributed by atoms with Crippen molar-refractivity contribution in [3.05, 3.63) is 35.9 Å². The fourth-order valence-corrected chi connectivity index (χ4v) is 7.17. The summed E-state index contributed by atoms with van der Waals surface area (Å²) in [5.74, 6) is 1.35. The van der Waals surface area contributed by atoms with Crippen LogP contribution in [0.3, 0.4) is 0 Å². The number of aromatic nitrogens is 3. The van der Waals surface area contributed by atoms with Crippen LogP contribution >= 0.6 is 0 Å². The van der Waals surface area contributed by atoms with Gasteiger partial charge in [-0.05, 0) is 77.6 Å². The van der Waals surface area contributed by atoms with Crippen molar-refractivity contribution in [3.63, 3.8) is 0 Å². The van der Waals surface area contributed by atoms with Crippen LogP contribution in [0.1, 0.15) is 71.7 Å². The van der Waals surface area contributed by atoms with Gasteiger partial charge in [-0.25, -0.2) is 9.37 Å². The van der Waals surface area contributed by atoms with E-state index >= 15 is 0 Å². The van der Waals surface area contributed by atoms with Crippen molar-refractivity contribution in [2.24, 2.45) is 17.3 Å². The molecule has 1 unspecified atom stereocenters. The topological polar surface area (TPSA) is 87.2 Å². The monoisotopic (exact) mass is 627 g/mol. The van der Waals surface area contributed by atoms with E-state index in [9.17, 15) is 9.18 Å². The number of halogens is 1. The van der Waals surface area contributed by atoms with E-state index in [4.69, 9.17) is 9.47 Å².